The molecule has 2 aromatic carbocycles. The third-order valence-corrected chi connectivity index (χ3v) is 10.8. The molecule has 31 heavy (non-hydrogen) atoms. The van der Waals surface area contributed by atoms with Gasteiger partial charge in [-0.25, -0.2) is 0 Å². The Morgan fingerprint density at radius 1 is 0.935 bits per heavy atom. The van der Waals surface area contributed by atoms with E-state index in [-0.39, 0.29) is 12.5 Å². The molecule has 0 bridgehead atoms. The van der Waals surface area contributed by atoms with Crippen molar-refractivity contribution >= 4 is 46.0 Å². The molecule has 0 unspecified atom stereocenters. The average Bonchev–Trinajstić information content (AvgIpc) is 2.79. The van der Waals surface area contributed by atoms with Gasteiger partial charge in [0.15, 0.2) is 6.40 Å². The number of carbonyl (C=O) groups excluding carboxylic acids is 1. The number of anilines is 1. The van der Waals surface area contributed by atoms with E-state index in [0.29, 0.717) is 16.1 Å². The van der Waals surface area contributed by atoms with Gasteiger partial charge in [-0.15, -0.1) is 0 Å². The van der Waals surface area contributed by atoms with E-state index in [2.05, 4.69) is 5.32 Å². The summed E-state index contributed by atoms with van der Waals surface area (Å²) >= 11 is 0. The fourth-order valence-corrected chi connectivity index (χ4v) is 9.34. The summed E-state index contributed by atoms with van der Waals surface area (Å²) in [5.41, 5.74) is 1.41. The van der Waals surface area contributed by atoms with Gasteiger partial charge in [0, 0.05) is 51.4 Å². The second-order valence-electron chi connectivity index (χ2n) is 6.42. The van der Waals surface area contributed by atoms with E-state index in [0.717, 1.165) is 12.0 Å². The molecule has 1 amide bonds. The number of hydrogen-bond donors (Lipinski definition) is 2. The SMILES string of the molecule is CO[Si](OC)(O[Si](OC)(OC)c1cccc(NC(C)=O)c1)c1cccc(COC=N)c1. The molecule has 0 aromatic heterocycles. The molecule has 0 spiro atoms. The Kier molecular flexibility index (Phi) is 9.06. The van der Waals surface area contributed by atoms with Crippen molar-refractivity contribution in [3.63, 3.8) is 0 Å². The monoisotopic (exact) mass is 464 g/mol. The van der Waals surface area contributed by atoms with E-state index in [4.69, 9.17) is 32.0 Å². The van der Waals surface area contributed by atoms with Crippen molar-refractivity contribution in [2.75, 3.05) is 33.8 Å². The summed E-state index contributed by atoms with van der Waals surface area (Å²) in [6.07, 6.45) is 0.885. The first-order chi connectivity index (χ1) is 14.9. The Morgan fingerprint density at radius 2 is 1.48 bits per heavy atom. The maximum Gasteiger partial charge on any atom is 0.529 e. The lowest BCUT2D eigenvalue weighted by Gasteiger charge is -2.36. The van der Waals surface area contributed by atoms with E-state index in [9.17, 15) is 4.79 Å². The van der Waals surface area contributed by atoms with Crippen LogP contribution >= 0.6 is 0 Å². The molecule has 2 rings (SSSR count). The number of amides is 1. The van der Waals surface area contributed by atoms with Gasteiger partial charge < -0.3 is 31.9 Å². The van der Waals surface area contributed by atoms with Crippen LogP contribution in [0.5, 0.6) is 0 Å². The lowest BCUT2D eigenvalue weighted by Crippen LogP contribution is -2.68. The average molecular weight is 465 g/mol. The predicted octanol–water partition coefficient (Wildman–Crippen LogP) is 1.36. The third-order valence-electron chi connectivity index (χ3n) is 4.49. The molecule has 2 N–H and O–H groups in total. The standard InChI is InChI=1S/C20H28N2O7Si2/c1-16(23)22-18-9-7-11-20(13-18)31(26-4,27-5)29-30(24-2,25-3)19-10-6-8-17(12-19)14-28-15-21/h6-13,15,21H,14H2,1-5H3,(H,22,23). The van der Waals surface area contributed by atoms with Crippen molar-refractivity contribution in [2.24, 2.45) is 0 Å². The molecule has 11 heteroatoms. The summed E-state index contributed by atoms with van der Waals surface area (Å²) in [4.78, 5) is 11.5. The number of benzene rings is 2. The smallest absolute Gasteiger partial charge is 0.479 e. The van der Waals surface area contributed by atoms with Crippen LogP contribution < -0.4 is 15.7 Å². The Labute approximate surface area is 184 Å². The van der Waals surface area contributed by atoms with Gasteiger partial charge in [0.25, 0.3) is 0 Å². The van der Waals surface area contributed by atoms with Gasteiger partial charge >= 0.3 is 17.6 Å². The van der Waals surface area contributed by atoms with Gasteiger partial charge in [-0.2, -0.15) is 0 Å². The van der Waals surface area contributed by atoms with E-state index >= 15 is 0 Å². The van der Waals surface area contributed by atoms with Gasteiger partial charge in [-0.1, -0.05) is 30.3 Å². The van der Waals surface area contributed by atoms with Gasteiger partial charge in [-0.3, -0.25) is 10.2 Å². The van der Waals surface area contributed by atoms with E-state index in [1.54, 1.807) is 18.2 Å². The molecule has 0 aliphatic carbocycles. The number of carbonyl (C=O) groups is 1. The first kappa shape index (κ1) is 24.9. The molecular weight excluding hydrogens is 436 g/mol. The molecule has 168 valence electrons. The molecule has 0 aliphatic rings. The van der Waals surface area contributed by atoms with Crippen LogP contribution in [0.2, 0.25) is 0 Å². The third kappa shape index (κ3) is 5.86. The molecule has 0 radical (unpaired) electrons. The van der Waals surface area contributed by atoms with Crippen molar-refractivity contribution in [3.05, 3.63) is 54.1 Å². The number of hydrogen-bond acceptors (Lipinski definition) is 8. The summed E-state index contributed by atoms with van der Waals surface area (Å²) in [5, 5.41) is 11.1. The van der Waals surface area contributed by atoms with Crippen molar-refractivity contribution in [1.29, 1.82) is 5.41 Å². The molecule has 9 nitrogen and oxygen atoms in total. The highest BCUT2D eigenvalue weighted by molar-refractivity contribution is 6.88. The van der Waals surface area contributed by atoms with Crippen LogP contribution in [0.25, 0.3) is 0 Å². The van der Waals surface area contributed by atoms with Gasteiger partial charge in [0.2, 0.25) is 5.91 Å². The zero-order chi connectivity index (χ0) is 22.9. The van der Waals surface area contributed by atoms with Gasteiger partial charge in [0.1, 0.15) is 6.61 Å². The molecule has 0 aliphatic heterocycles. The van der Waals surface area contributed by atoms with Crippen LogP contribution in [-0.2, 0) is 38.0 Å². The Hall–Kier alpha value is -2.39. The molecular formula is C20H28N2O7Si2. The molecule has 0 saturated carbocycles. The number of nitrogens with one attached hydrogen (secondary N) is 2. The minimum atomic E-state index is -3.51. The zero-order valence-corrected chi connectivity index (χ0v) is 20.3. The molecule has 0 heterocycles. The Balaban J connectivity index is 2.50. The zero-order valence-electron chi connectivity index (χ0n) is 18.3. The van der Waals surface area contributed by atoms with Crippen LogP contribution in [0, 0.1) is 5.41 Å². The highest BCUT2D eigenvalue weighted by Gasteiger charge is 2.55. The highest BCUT2D eigenvalue weighted by atomic mass is 28.5. The van der Waals surface area contributed by atoms with Crippen LogP contribution in [0.3, 0.4) is 0 Å². The van der Waals surface area contributed by atoms with Crippen molar-refractivity contribution in [2.45, 2.75) is 13.5 Å². The minimum absolute atomic E-state index is 0.193. The van der Waals surface area contributed by atoms with E-state index < -0.39 is 17.6 Å². The van der Waals surface area contributed by atoms with Gasteiger partial charge in [0.05, 0.1) is 0 Å². The lowest BCUT2D eigenvalue weighted by molar-refractivity contribution is -0.114. The lowest BCUT2D eigenvalue weighted by atomic mass is 10.2. The summed E-state index contributed by atoms with van der Waals surface area (Å²) in [6, 6.07) is 14.5. The van der Waals surface area contributed by atoms with Crippen molar-refractivity contribution < 1.29 is 31.4 Å². The second-order valence-corrected chi connectivity index (χ2v) is 12.3. The first-order valence-corrected chi connectivity index (χ1v) is 12.8. The van der Waals surface area contributed by atoms with Crippen LogP contribution in [-0.4, -0.2) is 58.4 Å². The fraction of sp³-hybridized carbons (Fsp3) is 0.300. The van der Waals surface area contributed by atoms with Crippen molar-refractivity contribution in [1.82, 2.24) is 0 Å². The number of rotatable bonds is 12. The summed E-state index contributed by atoms with van der Waals surface area (Å²) in [5.74, 6) is -0.193. The Morgan fingerprint density at radius 3 is 2.00 bits per heavy atom. The van der Waals surface area contributed by atoms with Crippen LogP contribution in [0.1, 0.15) is 12.5 Å². The highest BCUT2D eigenvalue weighted by Crippen LogP contribution is 2.20. The van der Waals surface area contributed by atoms with Gasteiger partial charge in [-0.05, 0) is 23.8 Å². The predicted molar refractivity (Wildman–Crippen MR) is 121 cm³/mol. The Bertz CT molecular complexity index is 889. The van der Waals surface area contributed by atoms with E-state index in [1.807, 2.05) is 30.3 Å². The van der Waals surface area contributed by atoms with E-state index in [1.165, 1.54) is 35.4 Å². The summed E-state index contributed by atoms with van der Waals surface area (Å²) in [7, 11) is -0.983. The normalized spacial score (nSPS) is 11.8. The molecule has 0 fully saturated rings. The quantitative estimate of drug-likeness (QED) is 0.277. The second kappa shape index (κ2) is 11.3. The molecule has 0 atom stereocenters. The molecule has 0 saturated heterocycles. The maximum absolute atomic E-state index is 11.5. The maximum atomic E-state index is 11.5. The first-order valence-electron chi connectivity index (χ1n) is 9.37. The largest absolute Gasteiger partial charge is 0.529 e. The summed E-state index contributed by atoms with van der Waals surface area (Å²) < 4.78 is 34.8. The topological polar surface area (TPSA) is 108 Å². The summed E-state index contributed by atoms with van der Waals surface area (Å²) in [6.45, 7) is 1.66. The van der Waals surface area contributed by atoms with Crippen LogP contribution in [0.15, 0.2) is 48.5 Å². The minimum Gasteiger partial charge on any atom is -0.479 e. The molecule has 2 aromatic rings. The van der Waals surface area contributed by atoms with Crippen molar-refractivity contribution in [3.8, 4) is 0 Å². The number of ether oxygens (including phenoxy) is 1. The van der Waals surface area contributed by atoms with Crippen LogP contribution in [0.4, 0.5) is 5.69 Å². The fourth-order valence-electron chi connectivity index (χ4n) is 3.08.